The molecule has 3 aromatic rings. The lowest BCUT2D eigenvalue weighted by atomic mass is 10.1. The fraction of sp³-hybridized carbons (Fsp3) is 0.160. The second kappa shape index (κ2) is 9.28. The van der Waals surface area contributed by atoms with Crippen molar-refractivity contribution >= 4 is 40.6 Å². The standard InChI is InChI=1S/C25H22N2O4S/c1-16(2)15-27-23(28)22(32-25(27)26-17-8-4-3-5-9-17)14-18-12-13-21(31-18)19-10-6-7-11-20(19)24(29)30/h3-14,16H,15H2,1-2H3,(H,29,30)/b22-14+,26-25?. The summed E-state index contributed by atoms with van der Waals surface area (Å²) in [5.74, 6) is 0.0402. The van der Waals surface area contributed by atoms with Crippen LogP contribution in [0.15, 0.2) is 81.0 Å². The summed E-state index contributed by atoms with van der Waals surface area (Å²) in [7, 11) is 0. The van der Waals surface area contributed by atoms with Gasteiger partial charge in [0, 0.05) is 18.2 Å². The molecule has 1 saturated heterocycles. The molecule has 2 aromatic carbocycles. The van der Waals surface area contributed by atoms with Gasteiger partial charge in [-0.1, -0.05) is 50.2 Å². The summed E-state index contributed by atoms with van der Waals surface area (Å²) >= 11 is 1.31. The van der Waals surface area contributed by atoms with Gasteiger partial charge in [0.25, 0.3) is 5.91 Å². The molecule has 0 unspecified atom stereocenters. The zero-order valence-electron chi connectivity index (χ0n) is 17.7. The number of hydrogen-bond acceptors (Lipinski definition) is 5. The first kappa shape index (κ1) is 21.6. The lowest BCUT2D eigenvalue weighted by molar-refractivity contribution is -0.122. The molecule has 1 aliphatic heterocycles. The number of thioether (sulfide) groups is 1. The monoisotopic (exact) mass is 446 g/mol. The van der Waals surface area contributed by atoms with Gasteiger partial charge in [-0.25, -0.2) is 9.79 Å². The summed E-state index contributed by atoms with van der Waals surface area (Å²) in [6, 6.07) is 19.6. The number of furan rings is 1. The van der Waals surface area contributed by atoms with Crippen molar-refractivity contribution in [2.24, 2.45) is 10.9 Å². The Kier molecular flexibility index (Phi) is 6.28. The van der Waals surface area contributed by atoms with Gasteiger partial charge < -0.3 is 9.52 Å². The molecule has 1 amide bonds. The Morgan fingerprint density at radius 1 is 1.09 bits per heavy atom. The van der Waals surface area contributed by atoms with Gasteiger partial charge in [0.1, 0.15) is 11.5 Å². The number of aromatic carboxylic acids is 1. The topological polar surface area (TPSA) is 83.1 Å². The van der Waals surface area contributed by atoms with Gasteiger partial charge in [-0.05, 0) is 48.0 Å². The number of para-hydroxylation sites is 1. The van der Waals surface area contributed by atoms with Crippen LogP contribution in [0.5, 0.6) is 0 Å². The maximum absolute atomic E-state index is 13.1. The summed E-state index contributed by atoms with van der Waals surface area (Å²) in [6.07, 6.45) is 1.68. The van der Waals surface area contributed by atoms with E-state index in [0.717, 1.165) is 5.69 Å². The number of carbonyl (C=O) groups excluding carboxylic acids is 1. The molecular weight excluding hydrogens is 424 g/mol. The zero-order valence-corrected chi connectivity index (χ0v) is 18.5. The number of hydrogen-bond donors (Lipinski definition) is 1. The molecular formula is C25H22N2O4S. The number of amides is 1. The van der Waals surface area contributed by atoms with E-state index >= 15 is 0 Å². The number of nitrogens with zero attached hydrogens (tertiary/aromatic N) is 2. The molecule has 1 N–H and O–H groups in total. The number of carbonyl (C=O) groups is 2. The normalized spacial score (nSPS) is 16.5. The van der Waals surface area contributed by atoms with Crippen LogP contribution in [0.3, 0.4) is 0 Å². The van der Waals surface area contributed by atoms with Crippen molar-refractivity contribution in [2.45, 2.75) is 13.8 Å². The van der Waals surface area contributed by atoms with Crippen LogP contribution in [0.1, 0.15) is 30.0 Å². The first-order chi connectivity index (χ1) is 15.4. The van der Waals surface area contributed by atoms with Gasteiger partial charge >= 0.3 is 5.97 Å². The van der Waals surface area contributed by atoms with E-state index in [1.807, 2.05) is 30.3 Å². The van der Waals surface area contributed by atoms with Crippen LogP contribution in [-0.2, 0) is 4.79 Å². The van der Waals surface area contributed by atoms with Gasteiger partial charge in [0.15, 0.2) is 5.17 Å². The minimum atomic E-state index is -1.02. The Balaban J connectivity index is 1.65. The SMILES string of the molecule is CC(C)CN1C(=O)/C(=C\c2ccc(-c3ccccc3C(=O)O)o2)SC1=Nc1ccccc1. The van der Waals surface area contributed by atoms with E-state index in [1.54, 1.807) is 41.3 Å². The van der Waals surface area contributed by atoms with Crippen LogP contribution in [0.4, 0.5) is 5.69 Å². The highest BCUT2D eigenvalue weighted by Crippen LogP contribution is 2.35. The third-order valence-corrected chi connectivity index (χ3v) is 5.75. The summed E-state index contributed by atoms with van der Waals surface area (Å²) < 4.78 is 5.88. The van der Waals surface area contributed by atoms with Gasteiger partial charge in [-0.3, -0.25) is 9.69 Å². The Bertz CT molecular complexity index is 1210. The smallest absolute Gasteiger partial charge is 0.336 e. The number of aliphatic imine (C=N–C) groups is 1. The Labute approximate surface area is 190 Å². The average molecular weight is 447 g/mol. The Morgan fingerprint density at radius 2 is 1.81 bits per heavy atom. The van der Waals surface area contributed by atoms with Crippen molar-refractivity contribution < 1.29 is 19.1 Å². The predicted octanol–water partition coefficient (Wildman–Crippen LogP) is 5.90. The van der Waals surface area contributed by atoms with Crippen molar-refractivity contribution in [1.82, 2.24) is 4.90 Å². The van der Waals surface area contributed by atoms with Crippen LogP contribution in [0.25, 0.3) is 17.4 Å². The molecule has 1 aliphatic rings. The molecule has 162 valence electrons. The van der Waals surface area contributed by atoms with Crippen LogP contribution >= 0.6 is 11.8 Å². The zero-order chi connectivity index (χ0) is 22.7. The fourth-order valence-electron chi connectivity index (χ4n) is 3.32. The summed E-state index contributed by atoms with van der Waals surface area (Å²) in [6.45, 7) is 4.67. The number of rotatable bonds is 6. The predicted molar refractivity (Wildman–Crippen MR) is 127 cm³/mol. The van der Waals surface area contributed by atoms with Gasteiger partial charge in [-0.15, -0.1) is 0 Å². The molecule has 4 rings (SSSR count). The molecule has 0 bridgehead atoms. The van der Waals surface area contributed by atoms with Crippen LogP contribution in [0, 0.1) is 5.92 Å². The lowest BCUT2D eigenvalue weighted by Gasteiger charge is -2.17. The molecule has 2 heterocycles. The maximum Gasteiger partial charge on any atom is 0.336 e. The van der Waals surface area contributed by atoms with Crippen LogP contribution in [0.2, 0.25) is 0 Å². The summed E-state index contributed by atoms with van der Waals surface area (Å²) in [4.78, 5) is 31.5. The van der Waals surface area contributed by atoms with E-state index in [-0.39, 0.29) is 17.4 Å². The molecule has 0 aliphatic carbocycles. The first-order valence-electron chi connectivity index (χ1n) is 10.2. The third-order valence-electron chi connectivity index (χ3n) is 4.74. The molecule has 0 atom stereocenters. The average Bonchev–Trinajstić information content (AvgIpc) is 3.35. The highest BCUT2D eigenvalue weighted by Gasteiger charge is 2.34. The van der Waals surface area contributed by atoms with E-state index in [1.165, 1.54) is 17.8 Å². The second-order valence-corrected chi connectivity index (χ2v) is 8.71. The first-order valence-corrected chi connectivity index (χ1v) is 11.0. The lowest BCUT2D eigenvalue weighted by Crippen LogP contribution is -2.32. The molecule has 0 radical (unpaired) electrons. The molecule has 7 heteroatoms. The van der Waals surface area contributed by atoms with Crippen molar-refractivity contribution in [1.29, 1.82) is 0 Å². The van der Waals surface area contributed by atoms with E-state index < -0.39 is 5.97 Å². The molecule has 6 nitrogen and oxygen atoms in total. The van der Waals surface area contributed by atoms with E-state index in [4.69, 9.17) is 4.42 Å². The van der Waals surface area contributed by atoms with Crippen LogP contribution < -0.4 is 0 Å². The molecule has 1 fully saturated rings. The molecule has 0 saturated carbocycles. The highest BCUT2D eigenvalue weighted by atomic mass is 32.2. The van der Waals surface area contributed by atoms with Crippen molar-refractivity contribution in [3.8, 4) is 11.3 Å². The summed E-state index contributed by atoms with van der Waals surface area (Å²) in [5.41, 5.74) is 1.43. The minimum absolute atomic E-state index is 0.123. The van der Waals surface area contributed by atoms with Gasteiger partial charge in [0.05, 0.1) is 16.2 Å². The third kappa shape index (κ3) is 4.68. The quantitative estimate of drug-likeness (QED) is 0.476. The van der Waals surface area contributed by atoms with Crippen molar-refractivity contribution in [3.63, 3.8) is 0 Å². The van der Waals surface area contributed by atoms with Gasteiger partial charge in [0.2, 0.25) is 0 Å². The molecule has 0 spiro atoms. The Morgan fingerprint density at radius 3 is 2.53 bits per heavy atom. The van der Waals surface area contributed by atoms with E-state index in [2.05, 4.69) is 18.8 Å². The molecule has 32 heavy (non-hydrogen) atoms. The second-order valence-electron chi connectivity index (χ2n) is 7.70. The number of carboxylic acids is 1. The Hall–Kier alpha value is -3.58. The summed E-state index contributed by atoms with van der Waals surface area (Å²) in [5, 5.41) is 10.1. The number of amidine groups is 1. The van der Waals surface area contributed by atoms with Crippen LogP contribution in [-0.4, -0.2) is 33.6 Å². The van der Waals surface area contributed by atoms with Crippen molar-refractivity contribution in [2.75, 3.05) is 6.54 Å². The van der Waals surface area contributed by atoms with E-state index in [0.29, 0.717) is 33.7 Å². The van der Waals surface area contributed by atoms with E-state index in [9.17, 15) is 14.7 Å². The van der Waals surface area contributed by atoms with Gasteiger partial charge in [-0.2, -0.15) is 0 Å². The van der Waals surface area contributed by atoms with Crippen molar-refractivity contribution in [3.05, 3.63) is 83.0 Å². The number of benzene rings is 2. The fourth-order valence-corrected chi connectivity index (χ4v) is 4.31. The molecule has 1 aromatic heterocycles. The maximum atomic E-state index is 13.1. The minimum Gasteiger partial charge on any atom is -0.478 e. The highest BCUT2D eigenvalue weighted by molar-refractivity contribution is 8.18. The largest absolute Gasteiger partial charge is 0.478 e. The number of carboxylic acid groups (broad SMARTS) is 1.